The van der Waals surface area contributed by atoms with Gasteiger partial charge in [-0.15, -0.1) is 0 Å². The van der Waals surface area contributed by atoms with Crippen LogP contribution in [0.2, 0.25) is 5.02 Å². The Morgan fingerprint density at radius 1 is 1.07 bits per heavy atom. The number of rotatable bonds is 8. The van der Waals surface area contributed by atoms with Gasteiger partial charge in [0, 0.05) is 17.1 Å². The van der Waals surface area contributed by atoms with Gasteiger partial charge in [-0.1, -0.05) is 44.0 Å². The fraction of sp³-hybridized carbons (Fsp3) is 0.333. The summed E-state index contributed by atoms with van der Waals surface area (Å²) in [6.07, 6.45) is 1.33. The van der Waals surface area contributed by atoms with Gasteiger partial charge in [-0.05, 0) is 54.3 Å². The molecule has 6 heteroatoms. The number of benzene rings is 2. The summed E-state index contributed by atoms with van der Waals surface area (Å²) in [7, 11) is 0. The quantitative estimate of drug-likeness (QED) is 0.716. The lowest BCUT2D eigenvalue weighted by atomic mass is 9.97. The first-order chi connectivity index (χ1) is 12.9. The van der Waals surface area contributed by atoms with Crippen molar-refractivity contribution < 1.29 is 14.0 Å². The summed E-state index contributed by atoms with van der Waals surface area (Å²) in [4.78, 5) is 25.1. The van der Waals surface area contributed by atoms with E-state index in [4.69, 9.17) is 11.6 Å². The molecular weight excluding hydrogens is 367 g/mol. The Labute approximate surface area is 164 Å². The van der Waals surface area contributed by atoms with E-state index in [0.29, 0.717) is 23.6 Å². The molecule has 144 valence electrons. The van der Waals surface area contributed by atoms with Crippen LogP contribution in [0.3, 0.4) is 0 Å². The third kappa shape index (κ3) is 6.36. The summed E-state index contributed by atoms with van der Waals surface area (Å²) in [5.74, 6) is -0.851. The van der Waals surface area contributed by atoms with Crippen LogP contribution in [-0.4, -0.2) is 24.4 Å². The van der Waals surface area contributed by atoms with E-state index >= 15 is 0 Å². The Kier molecular flexibility index (Phi) is 7.80. The maximum absolute atomic E-state index is 12.9. The lowest BCUT2D eigenvalue weighted by Crippen LogP contribution is -2.50. The maximum Gasteiger partial charge on any atom is 0.251 e. The largest absolute Gasteiger partial charge is 0.354 e. The smallest absolute Gasteiger partial charge is 0.251 e. The van der Waals surface area contributed by atoms with Crippen LogP contribution >= 0.6 is 11.6 Å². The molecule has 0 aliphatic rings. The molecule has 0 radical (unpaired) electrons. The molecule has 2 aromatic rings. The predicted molar refractivity (Wildman–Crippen MR) is 105 cm³/mol. The summed E-state index contributed by atoms with van der Waals surface area (Å²) >= 11 is 5.85. The van der Waals surface area contributed by atoms with E-state index in [1.54, 1.807) is 36.4 Å². The molecule has 2 N–H and O–H groups in total. The van der Waals surface area contributed by atoms with Crippen molar-refractivity contribution in [1.29, 1.82) is 0 Å². The highest BCUT2D eigenvalue weighted by Gasteiger charge is 2.26. The monoisotopic (exact) mass is 390 g/mol. The molecule has 4 nitrogen and oxygen atoms in total. The third-order valence-electron chi connectivity index (χ3n) is 4.51. The Morgan fingerprint density at radius 2 is 1.70 bits per heavy atom. The van der Waals surface area contributed by atoms with Gasteiger partial charge in [-0.25, -0.2) is 4.39 Å². The zero-order chi connectivity index (χ0) is 19.8. The molecular formula is C21H24ClFN2O2. The molecule has 0 aromatic heterocycles. The van der Waals surface area contributed by atoms with Crippen LogP contribution in [0, 0.1) is 11.7 Å². The maximum atomic E-state index is 12.9. The van der Waals surface area contributed by atoms with Crippen LogP contribution < -0.4 is 10.6 Å². The number of carbonyl (C=O) groups is 2. The first kappa shape index (κ1) is 20.9. The van der Waals surface area contributed by atoms with Gasteiger partial charge in [0.1, 0.15) is 11.9 Å². The second-order valence-corrected chi connectivity index (χ2v) is 6.95. The molecule has 2 rings (SSSR count). The molecule has 2 unspecified atom stereocenters. The molecule has 0 spiro atoms. The average molecular weight is 391 g/mol. The minimum absolute atomic E-state index is 0.0212. The SMILES string of the molecule is CCC(C)C(NC(=O)c1ccc(Cl)cc1)C(=O)NCCc1ccc(F)cc1. The Hall–Kier alpha value is -2.40. The summed E-state index contributed by atoms with van der Waals surface area (Å²) in [6, 6.07) is 12.1. The normalized spacial score (nSPS) is 12.9. The van der Waals surface area contributed by atoms with Crippen LogP contribution in [-0.2, 0) is 11.2 Å². The summed E-state index contributed by atoms with van der Waals surface area (Å²) in [5.41, 5.74) is 1.38. The number of amides is 2. The Morgan fingerprint density at radius 3 is 2.30 bits per heavy atom. The lowest BCUT2D eigenvalue weighted by molar-refractivity contribution is -0.124. The minimum Gasteiger partial charge on any atom is -0.354 e. The zero-order valence-corrected chi connectivity index (χ0v) is 16.2. The number of nitrogens with one attached hydrogen (secondary N) is 2. The second kappa shape index (κ2) is 10.1. The predicted octanol–water partition coefficient (Wildman–Crippen LogP) is 3.98. The fourth-order valence-electron chi connectivity index (χ4n) is 2.62. The van der Waals surface area contributed by atoms with E-state index < -0.39 is 6.04 Å². The third-order valence-corrected chi connectivity index (χ3v) is 4.77. The summed E-state index contributed by atoms with van der Waals surface area (Å²) < 4.78 is 12.9. The summed E-state index contributed by atoms with van der Waals surface area (Å²) in [6.45, 7) is 4.30. The Balaban J connectivity index is 1.95. The number of hydrogen-bond acceptors (Lipinski definition) is 2. The van der Waals surface area contributed by atoms with Crippen molar-refractivity contribution in [3.05, 3.63) is 70.5 Å². The van der Waals surface area contributed by atoms with Gasteiger partial charge in [0.15, 0.2) is 0 Å². The molecule has 0 aliphatic carbocycles. The van der Waals surface area contributed by atoms with Crippen molar-refractivity contribution in [2.24, 2.45) is 5.92 Å². The zero-order valence-electron chi connectivity index (χ0n) is 15.5. The van der Waals surface area contributed by atoms with Crippen LogP contribution in [0.1, 0.15) is 36.2 Å². The number of carbonyl (C=O) groups excluding carboxylic acids is 2. The first-order valence-corrected chi connectivity index (χ1v) is 9.37. The summed E-state index contributed by atoms with van der Waals surface area (Å²) in [5, 5.41) is 6.22. The standard InChI is InChI=1S/C21H24ClFN2O2/c1-3-14(2)19(25-20(26)16-6-8-17(22)9-7-16)21(27)24-13-12-15-4-10-18(23)11-5-15/h4-11,14,19H,3,12-13H2,1-2H3,(H,24,27)(H,25,26). The van der Waals surface area contributed by atoms with Crippen molar-refractivity contribution in [3.8, 4) is 0 Å². The molecule has 0 saturated heterocycles. The topological polar surface area (TPSA) is 58.2 Å². The number of halogens is 2. The highest BCUT2D eigenvalue weighted by Crippen LogP contribution is 2.12. The van der Waals surface area contributed by atoms with Crippen molar-refractivity contribution in [3.63, 3.8) is 0 Å². The average Bonchev–Trinajstić information content (AvgIpc) is 2.67. The van der Waals surface area contributed by atoms with Gasteiger partial charge >= 0.3 is 0 Å². The highest BCUT2D eigenvalue weighted by molar-refractivity contribution is 6.30. The van der Waals surface area contributed by atoms with Crippen molar-refractivity contribution >= 4 is 23.4 Å². The molecule has 2 amide bonds. The van der Waals surface area contributed by atoms with Gasteiger partial charge in [-0.2, -0.15) is 0 Å². The molecule has 0 heterocycles. The van der Waals surface area contributed by atoms with E-state index in [2.05, 4.69) is 10.6 Å². The van der Waals surface area contributed by atoms with E-state index in [0.717, 1.165) is 12.0 Å². The first-order valence-electron chi connectivity index (χ1n) is 8.99. The molecule has 27 heavy (non-hydrogen) atoms. The van der Waals surface area contributed by atoms with Gasteiger partial charge in [-0.3, -0.25) is 9.59 Å². The fourth-order valence-corrected chi connectivity index (χ4v) is 2.74. The Bertz CT molecular complexity index is 763. The molecule has 2 aromatic carbocycles. The van der Waals surface area contributed by atoms with Crippen molar-refractivity contribution in [2.45, 2.75) is 32.7 Å². The van der Waals surface area contributed by atoms with E-state index in [1.807, 2.05) is 13.8 Å². The van der Waals surface area contributed by atoms with Crippen LogP contribution in [0.15, 0.2) is 48.5 Å². The van der Waals surface area contributed by atoms with Gasteiger partial charge < -0.3 is 10.6 Å². The van der Waals surface area contributed by atoms with Crippen molar-refractivity contribution in [1.82, 2.24) is 10.6 Å². The second-order valence-electron chi connectivity index (χ2n) is 6.51. The van der Waals surface area contributed by atoms with E-state index in [1.165, 1.54) is 12.1 Å². The van der Waals surface area contributed by atoms with Gasteiger partial charge in [0.05, 0.1) is 0 Å². The van der Waals surface area contributed by atoms with Gasteiger partial charge in [0.25, 0.3) is 5.91 Å². The molecule has 2 atom stereocenters. The van der Waals surface area contributed by atoms with Crippen LogP contribution in [0.25, 0.3) is 0 Å². The molecule has 0 aliphatic heterocycles. The van der Waals surface area contributed by atoms with E-state index in [-0.39, 0.29) is 23.5 Å². The highest BCUT2D eigenvalue weighted by atomic mass is 35.5. The van der Waals surface area contributed by atoms with Gasteiger partial charge in [0.2, 0.25) is 5.91 Å². The van der Waals surface area contributed by atoms with Crippen molar-refractivity contribution in [2.75, 3.05) is 6.54 Å². The van der Waals surface area contributed by atoms with E-state index in [9.17, 15) is 14.0 Å². The van der Waals surface area contributed by atoms with Crippen LogP contribution in [0.4, 0.5) is 4.39 Å². The molecule has 0 saturated carbocycles. The molecule has 0 bridgehead atoms. The lowest BCUT2D eigenvalue weighted by Gasteiger charge is -2.23. The minimum atomic E-state index is -0.633. The number of hydrogen-bond donors (Lipinski definition) is 2. The van der Waals surface area contributed by atoms with Crippen LogP contribution in [0.5, 0.6) is 0 Å². The molecule has 0 fully saturated rings.